The summed E-state index contributed by atoms with van der Waals surface area (Å²) in [5.74, 6) is -0.391. The minimum Gasteiger partial charge on any atom is -0.471 e. The number of carbonyl (C=O) groups is 1. The fraction of sp³-hybridized carbons (Fsp3) is 0.235. The summed E-state index contributed by atoms with van der Waals surface area (Å²) < 4.78 is 46.3. The van der Waals surface area contributed by atoms with Crippen LogP contribution in [-0.4, -0.2) is 25.5 Å². The normalized spacial score (nSPS) is 11.5. The van der Waals surface area contributed by atoms with Gasteiger partial charge < -0.3 is 10.1 Å². The maximum Gasteiger partial charge on any atom is 0.416 e. The van der Waals surface area contributed by atoms with Gasteiger partial charge in [-0.1, -0.05) is 17.7 Å². The molecule has 28 heavy (non-hydrogen) atoms. The van der Waals surface area contributed by atoms with Crippen molar-refractivity contribution < 1.29 is 22.7 Å². The van der Waals surface area contributed by atoms with Gasteiger partial charge in [0.25, 0.3) is 5.91 Å². The van der Waals surface area contributed by atoms with Gasteiger partial charge in [0.05, 0.1) is 29.0 Å². The summed E-state index contributed by atoms with van der Waals surface area (Å²) in [5.41, 5.74) is -0.0346. The second-order valence-electron chi connectivity index (χ2n) is 5.78. The van der Waals surface area contributed by atoms with Gasteiger partial charge in [0.15, 0.2) is 6.73 Å². The average molecular weight is 414 g/mol. The molecule has 0 radical (unpaired) electrons. The van der Waals surface area contributed by atoms with Gasteiger partial charge >= 0.3 is 6.18 Å². The van der Waals surface area contributed by atoms with Gasteiger partial charge in [-0.2, -0.15) is 23.4 Å². The molecule has 0 aliphatic carbocycles. The summed E-state index contributed by atoms with van der Waals surface area (Å²) in [6.07, 6.45) is -1.49. The van der Waals surface area contributed by atoms with Crippen molar-refractivity contribution in [3.8, 4) is 5.75 Å². The van der Waals surface area contributed by atoms with Gasteiger partial charge in [0.1, 0.15) is 11.4 Å². The number of carbonyl (C=O) groups excluding carboxylic acids is 1. The number of hydrogen-bond acceptors (Lipinski definition) is 4. The van der Waals surface area contributed by atoms with Crippen LogP contribution in [0, 0.1) is 0 Å². The number of aromatic nitrogens is 4. The van der Waals surface area contributed by atoms with Gasteiger partial charge in [-0.05, 0) is 24.3 Å². The molecule has 1 amide bonds. The van der Waals surface area contributed by atoms with E-state index >= 15 is 0 Å². The molecule has 1 N–H and O–H groups in total. The van der Waals surface area contributed by atoms with Gasteiger partial charge in [0.2, 0.25) is 0 Å². The third-order valence-corrected chi connectivity index (χ3v) is 4.14. The summed E-state index contributed by atoms with van der Waals surface area (Å²) in [4.78, 5) is 12.2. The number of amides is 1. The fourth-order valence-electron chi connectivity index (χ4n) is 2.35. The third-order valence-electron chi connectivity index (χ3n) is 3.83. The van der Waals surface area contributed by atoms with Crippen LogP contribution in [0.5, 0.6) is 5.75 Å². The molecule has 0 aliphatic rings. The molecule has 1 aromatic carbocycles. The zero-order valence-electron chi connectivity index (χ0n) is 14.6. The van der Waals surface area contributed by atoms with E-state index in [1.165, 1.54) is 35.3 Å². The molecule has 0 fully saturated rings. The highest BCUT2D eigenvalue weighted by Crippen LogP contribution is 2.31. The number of rotatable bonds is 6. The highest BCUT2D eigenvalue weighted by molar-refractivity contribution is 6.31. The minimum absolute atomic E-state index is 0.0437. The van der Waals surface area contributed by atoms with E-state index in [4.69, 9.17) is 16.3 Å². The first-order chi connectivity index (χ1) is 13.2. The predicted molar refractivity (Wildman–Crippen MR) is 93.7 cm³/mol. The van der Waals surface area contributed by atoms with E-state index in [1.54, 1.807) is 11.7 Å². The Bertz CT molecular complexity index is 964. The molecule has 0 spiro atoms. The molecule has 2 aromatic heterocycles. The number of aryl methyl sites for hydroxylation is 1. The molecule has 2 heterocycles. The summed E-state index contributed by atoms with van der Waals surface area (Å²) >= 11 is 5.98. The van der Waals surface area contributed by atoms with Crippen molar-refractivity contribution in [3.05, 3.63) is 64.7 Å². The van der Waals surface area contributed by atoms with Crippen LogP contribution < -0.4 is 10.1 Å². The van der Waals surface area contributed by atoms with Crippen LogP contribution in [0.25, 0.3) is 0 Å². The predicted octanol–water partition coefficient (Wildman–Crippen LogP) is 3.26. The standard InChI is InChI=1S/C17H15ClF3N5O2/c1-25-15(13(18)8-23-25)9-22-16(27)14-5-6-26(24-14)10-28-12-4-2-3-11(7-12)17(19,20)21/h2-8H,9-10H2,1H3,(H,22,27). The van der Waals surface area contributed by atoms with E-state index in [9.17, 15) is 18.0 Å². The van der Waals surface area contributed by atoms with Crippen LogP contribution in [0.4, 0.5) is 13.2 Å². The topological polar surface area (TPSA) is 74.0 Å². The molecule has 11 heteroatoms. The van der Waals surface area contributed by atoms with E-state index in [-0.39, 0.29) is 24.7 Å². The molecule has 0 atom stereocenters. The number of hydrogen-bond donors (Lipinski definition) is 1. The first-order valence-corrected chi connectivity index (χ1v) is 8.40. The molecule has 3 rings (SSSR count). The smallest absolute Gasteiger partial charge is 0.416 e. The van der Waals surface area contributed by atoms with Crippen molar-refractivity contribution in [2.24, 2.45) is 7.05 Å². The first kappa shape index (κ1) is 19.7. The van der Waals surface area contributed by atoms with Crippen molar-refractivity contribution in [1.82, 2.24) is 24.9 Å². The summed E-state index contributed by atoms with van der Waals surface area (Å²) in [5, 5.41) is 11.1. The molecule has 7 nitrogen and oxygen atoms in total. The SMILES string of the molecule is Cn1ncc(Cl)c1CNC(=O)c1ccn(COc2cccc(C(F)(F)F)c2)n1. The van der Waals surface area contributed by atoms with E-state index in [2.05, 4.69) is 15.5 Å². The van der Waals surface area contributed by atoms with Crippen LogP contribution in [0.15, 0.2) is 42.7 Å². The van der Waals surface area contributed by atoms with E-state index in [1.807, 2.05) is 0 Å². The molecule has 0 saturated carbocycles. The lowest BCUT2D eigenvalue weighted by Gasteiger charge is -2.10. The zero-order chi connectivity index (χ0) is 20.3. The second-order valence-corrected chi connectivity index (χ2v) is 6.19. The van der Waals surface area contributed by atoms with Gasteiger partial charge in [-0.15, -0.1) is 0 Å². The number of benzene rings is 1. The van der Waals surface area contributed by atoms with Crippen molar-refractivity contribution in [1.29, 1.82) is 0 Å². The van der Waals surface area contributed by atoms with E-state index in [0.29, 0.717) is 10.7 Å². The minimum atomic E-state index is -4.45. The first-order valence-electron chi connectivity index (χ1n) is 8.02. The van der Waals surface area contributed by atoms with Crippen LogP contribution in [0.3, 0.4) is 0 Å². The second kappa shape index (κ2) is 7.93. The quantitative estimate of drug-likeness (QED) is 0.673. The Labute approximate surface area is 162 Å². The highest BCUT2D eigenvalue weighted by Gasteiger charge is 2.30. The molecule has 0 saturated heterocycles. The maximum atomic E-state index is 12.7. The Morgan fingerprint density at radius 3 is 2.79 bits per heavy atom. The lowest BCUT2D eigenvalue weighted by atomic mass is 10.2. The van der Waals surface area contributed by atoms with E-state index < -0.39 is 17.6 Å². The number of alkyl halides is 3. The Morgan fingerprint density at radius 2 is 2.11 bits per heavy atom. The lowest BCUT2D eigenvalue weighted by molar-refractivity contribution is -0.137. The molecule has 148 valence electrons. The third kappa shape index (κ3) is 4.63. The number of halogens is 4. The molecule has 0 bridgehead atoms. The molecular weight excluding hydrogens is 399 g/mol. The lowest BCUT2D eigenvalue weighted by Crippen LogP contribution is -2.25. The van der Waals surface area contributed by atoms with Crippen molar-refractivity contribution in [2.75, 3.05) is 0 Å². The summed E-state index contributed by atoms with van der Waals surface area (Å²) in [6, 6.07) is 5.98. The maximum absolute atomic E-state index is 12.7. The summed E-state index contributed by atoms with van der Waals surface area (Å²) in [6.45, 7) is 0.0178. The molecule has 0 unspecified atom stereocenters. The fourth-order valence-corrected chi connectivity index (χ4v) is 2.58. The molecule has 0 aliphatic heterocycles. The Morgan fingerprint density at radius 1 is 1.32 bits per heavy atom. The number of nitrogens with zero attached hydrogens (tertiary/aromatic N) is 4. The highest BCUT2D eigenvalue weighted by atomic mass is 35.5. The largest absolute Gasteiger partial charge is 0.471 e. The van der Waals surface area contributed by atoms with Crippen molar-refractivity contribution in [2.45, 2.75) is 19.5 Å². The van der Waals surface area contributed by atoms with Gasteiger partial charge in [-0.25, -0.2) is 4.68 Å². The van der Waals surface area contributed by atoms with Crippen LogP contribution in [0.2, 0.25) is 5.02 Å². The number of nitrogens with one attached hydrogen (secondary N) is 1. The molecular formula is C17H15ClF3N5O2. The van der Waals surface area contributed by atoms with Crippen LogP contribution in [-0.2, 0) is 26.5 Å². The number of ether oxygens (including phenoxy) is 1. The summed E-state index contributed by atoms with van der Waals surface area (Å²) in [7, 11) is 1.70. The molecule has 3 aromatic rings. The zero-order valence-corrected chi connectivity index (χ0v) is 15.3. The van der Waals surface area contributed by atoms with E-state index in [0.717, 1.165) is 12.1 Å². The van der Waals surface area contributed by atoms with Gasteiger partial charge in [0, 0.05) is 13.2 Å². The van der Waals surface area contributed by atoms with Crippen molar-refractivity contribution >= 4 is 17.5 Å². The van der Waals surface area contributed by atoms with Crippen LogP contribution >= 0.6 is 11.6 Å². The average Bonchev–Trinajstić information content (AvgIpc) is 3.25. The Balaban J connectivity index is 1.57. The monoisotopic (exact) mass is 413 g/mol. The Hall–Kier alpha value is -3.01. The Kier molecular flexibility index (Phi) is 5.59. The van der Waals surface area contributed by atoms with Gasteiger partial charge in [-0.3, -0.25) is 9.48 Å². The van der Waals surface area contributed by atoms with Crippen molar-refractivity contribution in [3.63, 3.8) is 0 Å². The van der Waals surface area contributed by atoms with Crippen LogP contribution in [0.1, 0.15) is 21.7 Å².